The summed E-state index contributed by atoms with van der Waals surface area (Å²) >= 11 is 1.26. The topological polar surface area (TPSA) is 68.0 Å². The molecule has 6 heteroatoms. The summed E-state index contributed by atoms with van der Waals surface area (Å²) in [7, 11) is 0. The Morgan fingerprint density at radius 2 is 1.70 bits per heavy atom. The van der Waals surface area contributed by atoms with E-state index in [-0.39, 0.29) is 11.2 Å². The van der Waals surface area contributed by atoms with Crippen LogP contribution in [0.15, 0.2) is 52.1 Å². The molecule has 1 N–H and O–H groups in total. The minimum absolute atomic E-state index is 0.0632. The van der Waals surface area contributed by atoms with Crippen molar-refractivity contribution in [3.05, 3.63) is 64.7 Å². The molecule has 1 aromatic heterocycles. The smallest absolute Gasteiger partial charge is 0.277 e. The summed E-state index contributed by atoms with van der Waals surface area (Å²) in [5, 5.41) is 11.2. The number of carbonyl (C=O) groups is 1. The van der Waals surface area contributed by atoms with Crippen molar-refractivity contribution < 1.29 is 9.21 Å². The van der Waals surface area contributed by atoms with Crippen LogP contribution in [0.3, 0.4) is 0 Å². The first kappa shape index (κ1) is 19.2. The zero-order valence-electron chi connectivity index (χ0n) is 15.9. The molecule has 0 saturated heterocycles. The van der Waals surface area contributed by atoms with Gasteiger partial charge in [0.1, 0.15) is 0 Å². The van der Waals surface area contributed by atoms with Crippen LogP contribution in [-0.2, 0) is 11.3 Å². The van der Waals surface area contributed by atoms with Crippen LogP contribution in [0.5, 0.6) is 0 Å². The monoisotopic (exact) mass is 381 g/mol. The van der Waals surface area contributed by atoms with Crippen LogP contribution in [0.1, 0.15) is 29.2 Å². The van der Waals surface area contributed by atoms with Crippen molar-refractivity contribution in [3.63, 3.8) is 0 Å². The zero-order chi connectivity index (χ0) is 19.4. The fourth-order valence-corrected chi connectivity index (χ4v) is 3.42. The third-order valence-corrected chi connectivity index (χ3v) is 5.04. The minimum atomic E-state index is -0.331. The second-order valence-electron chi connectivity index (χ2n) is 6.71. The van der Waals surface area contributed by atoms with E-state index in [1.165, 1.54) is 17.3 Å². The van der Waals surface area contributed by atoms with Gasteiger partial charge in [-0.05, 0) is 45.4 Å². The van der Waals surface area contributed by atoms with E-state index in [1.807, 2.05) is 64.1 Å². The third kappa shape index (κ3) is 5.20. The van der Waals surface area contributed by atoms with Crippen molar-refractivity contribution in [1.29, 1.82) is 0 Å². The van der Waals surface area contributed by atoms with Crippen molar-refractivity contribution in [2.24, 2.45) is 0 Å². The second kappa shape index (κ2) is 8.39. The maximum atomic E-state index is 12.3. The summed E-state index contributed by atoms with van der Waals surface area (Å²) in [5.41, 5.74) is 5.44. The first-order valence-electron chi connectivity index (χ1n) is 8.83. The SMILES string of the molecule is Cc1ccc(CNC(=O)[C@@H](C)Sc2nnc(-c3cc(C)cc(C)c3)o2)cc1. The quantitative estimate of drug-likeness (QED) is 0.639. The van der Waals surface area contributed by atoms with E-state index in [0.29, 0.717) is 17.7 Å². The molecule has 0 saturated carbocycles. The number of rotatable bonds is 6. The Kier molecular flexibility index (Phi) is 5.96. The molecule has 0 fully saturated rings. The fourth-order valence-electron chi connectivity index (χ4n) is 2.72. The van der Waals surface area contributed by atoms with Crippen molar-refractivity contribution in [3.8, 4) is 11.5 Å². The van der Waals surface area contributed by atoms with E-state index in [2.05, 4.69) is 21.6 Å². The van der Waals surface area contributed by atoms with Gasteiger partial charge in [0.25, 0.3) is 5.22 Å². The number of aryl methyl sites for hydroxylation is 3. The van der Waals surface area contributed by atoms with E-state index < -0.39 is 0 Å². The number of hydrogen-bond acceptors (Lipinski definition) is 5. The van der Waals surface area contributed by atoms with Crippen molar-refractivity contribution in [1.82, 2.24) is 15.5 Å². The standard InChI is InChI=1S/C21H23N3O2S/c1-13-5-7-17(8-6-13)12-22-19(25)16(4)27-21-24-23-20(26-21)18-10-14(2)9-15(3)11-18/h5-11,16H,12H2,1-4H3,(H,22,25)/t16-/m1/s1. The molecule has 1 amide bonds. The molecule has 1 heterocycles. The molecular weight excluding hydrogens is 358 g/mol. The normalized spacial score (nSPS) is 12.0. The van der Waals surface area contributed by atoms with Gasteiger partial charge in [0, 0.05) is 12.1 Å². The number of nitrogens with one attached hydrogen (secondary N) is 1. The van der Waals surface area contributed by atoms with Gasteiger partial charge in [0.05, 0.1) is 5.25 Å². The lowest BCUT2D eigenvalue weighted by atomic mass is 10.1. The molecule has 3 aromatic rings. The highest BCUT2D eigenvalue weighted by molar-refractivity contribution is 8.00. The largest absolute Gasteiger partial charge is 0.411 e. The van der Waals surface area contributed by atoms with E-state index >= 15 is 0 Å². The number of carbonyl (C=O) groups excluding carboxylic acids is 1. The molecule has 140 valence electrons. The predicted octanol–water partition coefficient (Wildman–Crippen LogP) is 4.46. The highest BCUT2D eigenvalue weighted by Crippen LogP contribution is 2.27. The van der Waals surface area contributed by atoms with Crippen molar-refractivity contribution in [2.75, 3.05) is 0 Å². The number of amides is 1. The average Bonchev–Trinajstić information content (AvgIpc) is 3.08. The highest BCUT2D eigenvalue weighted by atomic mass is 32.2. The Hall–Kier alpha value is -2.60. The first-order valence-corrected chi connectivity index (χ1v) is 9.71. The number of aromatic nitrogens is 2. The fraction of sp³-hybridized carbons (Fsp3) is 0.286. The van der Waals surface area contributed by atoms with Crippen molar-refractivity contribution in [2.45, 2.75) is 44.7 Å². The first-order chi connectivity index (χ1) is 12.9. The minimum Gasteiger partial charge on any atom is -0.411 e. The molecule has 0 aliphatic heterocycles. The maximum Gasteiger partial charge on any atom is 0.277 e. The number of benzene rings is 2. The second-order valence-corrected chi connectivity index (χ2v) is 8.01. The predicted molar refractivity (Wildman–Crippen MR) is 108 cm³/mol. The summed E-state index contributed by atoms with van der Waals surface area (Å²) in [6.07, 6.45) is 0. The van der Waals surface area contributed by atoms with E-state index in [4.69, 9.17) is 4.42 Å². The molecule has 2 aromatic carbocycles. The van der Waals surface area contributed by atoms with Gasteiger partial charge in [-0.15, -0.1) is 10.2 Å². The van der Waals surface area contributed by atoms with Crippen LogP contribution in [-0.4, -0.2) is 21.4 Å². The molecule has 0 bridgehead atoms. The highest BCUT2D eigenvalue weighted by Gasteiger charge is 2.18. The van der Waals surface area contributed by atoms with Gasteiger partial charge in [-0.25, -0.2) is 0 Å². The molecular formula is C21H23N3O2S. The zero-order valence-corrected chi connectivity index (χ0v) is 16.8. The Morgan fingerprint density at radius 3 is 2.37 bits per heavy atom. The van der Waals surface area contributed by atoms with Gasteiger partial charge in [0.15, 0.2) is 0 Å². The van der Waals surface area contributed by atoms with Gasteiger partial charge in [0.2, 0.25) is 11.8 Å². The van der Waals surface area contributed by atoms with Gasteiger partial charge in [-0.2, -0.15) is 0 Å². The van der Waals surface area contributed by atoms with E-state index in [9.17, 15) is 4.79 Å². The van der Waals surface area contributed by atoms with E-state index in [1.54, 1.807) is 0 Å². The molecule has 0 radical (unpaired) electrons. The lowest BCUT2D eigenvalue weighted by Gasteiger charge is -2.10. The molecule has 5 nitrogen and oxygen atoms in total. The van der Waals surface area contributed by atoms with Crippen LogP contribution in [0.2, 0.25) is 0 Å². The van der Waals surface area contributed by atoms with E-state index in [0.717, 1.165) is 22.3 Å². The summed E-state index contributed by atoms with van der Waals surface area (Å²) in [6.45, 7) is 8.43. The van der Waals surface area contributed by atoms with Crippen molar-refractivity contribution >= 4 is 17.7 Å². The van der Waals surface area contributed by atoms with Crippen LogP contribution in [0, 0.1) is 20.8 Å². The number of thioether (sulfide) groups is 1. The van der Waals surface area contributed by atoms with Crippen LogP contribution >= 0.6 is 11.8 Å². The summed E-state index contributed by atoms with van der Waals surface area (Å²) < 4.78 is 5.74. The number of hydrogen-bond donors (Lipinski definition) is 1. The molecule has 3 rings (SSSR count). The lowest BCUT2D eigenvalue weighted by Crippen LogP contribution is -2.30. The summed E-state index contributed by atoms with van der Waals surface area (Å²) in [4.78, 5) is 12.3. The molecule has 27 heavy (non-hydrogen) atoms. The summed E-state index contributed by atoms with van der Waals surface area (Å²) in [6, 6.07) is 14.2. The molecule has 0 spiro atoms. The van der Waals surface area contributed by atoms with Crippen LogP contribution in [0.4, 0.5) is 0 Å². The average molecular weight is 382 g/mol. The maximum absolute atomic E-state index is 12.3. The number of nitrogens with zero attached hydrogens (tertiary/aromatic N) is 2. The lowest BCUT2D eigenvalue weighted by molar-refractivity contribution is -0.120. The third-order valence-electron chi connectivity index (χ3n) is 4.11. The molecule has 0 aliphatic carbocycles. The Balaban J connectivity index is 1.59. The Morgan fingerprint density at radius 1 is 1.04 bits per heavy atom. The van der Waals surface area contributed by atoms with Gasteiger partial charge < -0.3 is 9.73 Å². The Labute approximate surface area is 163 Å². The van der Waals surface area contributed by atoms with Gasteiger partial charge in [-0.1, -0.05) is 58.8 Å². The molecule has 0 aliphatic rings. The molecule has 1 atom stereocenters. The van der Waals surface area contributed by atoms with Gasteiger partial charge >= 0.3 is 0 Å². The summed E-state index contributed by atoms with van der Waals surface area (Å²) in [5.74, 6) is 0.406. The van der Waals surface area contributed by atoms with Crippen LogP contribution < -0.4 is 5.32 Å². The van der Waals surface area contributed by atoms with Crippen LogP contribution in [0.25, 0.3) is 11.5 Å². The van der Waals surface area contributed by atoms with Gasteiger partial charge in [-0.3, -0.25) is 4.79 Å². The Bertz CT molecular complexity index is 915. The molecule has 0 unspecified atom stereocenters.